The molecule has 0 bridgehead atoms. The van der Waals surface area contributed by atoms with E-state index in [1.54, 1.807) is 0 Å². The predicted octanol–water partition coefficient (Wildman–Crippen LogP) is 2.55. The summed E-state index contributed by atoms with van der Waals surface area (Å²) >= 11 is 0. The molecule has 25 heavy (non-hydrogen) atoms. The number of likely N-dealkylation sites (tertiary alicyclic amines) is 1. The van der Waals surface area contributed by atoms with E-state index in [0.29, 0.717) is 12.6 Å². The quantitative estimate of drug-likeness (QED) is 0.820. The number of hydrogen-bond donors (Lipinski definition) is 1. The zero-order chi connectivity index (χ0) is 17.7. The molecule has 136 valence electrons. The van der Waals surface area contributed by atoms with Crippen LogP contribution in [0.1, 0.15) is 18.6 Å². The van der Waals surface area contributed by atoms with Crippen molar-refractivity contribution in [3.63, 3.8) is 0 Å². The zero-order valence-electron chi connectivity index (χ0n) is 14.6. The summed E-state index contributed by atoms with van der Waals surface area (Å²) in [4.78, 5) is 2.24. The van der Waals surface area contributed by atoms with Crippen molar-refractivity contribution in [2.24, 2.45) is 0 Å². The van der Waals surface area contributed by atoms with Gasteiger partial charge in [0.2, 0.25) is 0 Å². The molecule has 3 rings (SSSR count). The minimum atomic E-state index is -2.87. The molecule has 1 aromatic heterocycles. The lowest BCUT2D eigenvalue weighted by molar-refractivity contribution is 0.205. The summed E-state index contributed by atoms with van der Waals surface area (Å²) in [5.41, 5.74) is 1.09. The van der Waals surface area contributed by atoms with Gasteiger partial charge in [-0.05, 0) is 38.1 Å². The van der Waals surface area contributed by atoms with Crippen LogP contribution in [0.15, 0.2) is 46.9 Å². The first-order valence-corrected chi connectivity index (χ1v) is 10.8. The zero-order valence-corrected chi connectivity index (χ0v) is 15.5. The average molecular weight is 362 g/mol. The Morgan fingerprint density at radius 2 is 1.84 bits per heavy atom. The van der Waals surface area contributed by atoms with Crippen LogP contribution in [0.4, 0.5) is 0 Å². The molecule has 0 aliphatic carbocycles. The molecule has 6 heteroatoms. The lowest BCUT2D eigenvalue weighted by atomic mass is 10.1. The molecule has 0 spiro atoms. The molecule has 0 unspecified atom stereocenters. The molecular weight excluding hydrogens is 336 g/mol. The maximum Gasteiger partial charge on any atom is 0.148 e. The summed E-state index contributed by atoms with van der Waals surface area (Å²) in [6.45, 7) is 3.26. The summed E-state index contributed by atoms with van der Waals surface area (Å²) in [7, 11) is -2.87. The summed E-state index contributed by atoms with van der Waals surface area (Å²) in [6, 6.07) is 14.6. The van der Waals surface area contributed by atoms with Gasteiger partial charge in [-0.25, -0.2) is 8.42 Å². The standard InChI is InChI=1S/C19H26N2O3S/c1-25(22,23)14-13-21-11-9-17(10-12-21)20-15-18-7-8-19(24-18)16-5-3-2-4-6-16/h2-8,17,20H,9-15H2,1H3. The van der Waals surface area contributed by atoms with E-state index in [1.807, 2.05) is 42.5 Å². The van der Waals surface area contributed by atoms with Crippen molar-refractivity contribution in [2.45, 2.75) is 25.4 Å². The van der Waals surface area contributed by atoms with Gasteiger partial charge >= 0.3 is 0 Å². The number of nitrogens with one attached hydrogen (secondary N) is 1. The number of nitrogens with zero attached hydrogens (tertiary/aromatic N) is 1. The summed E-state index contributed by atoms with van der Waals surface area (Å²) in [5.74, 6) is 2.09. The highest BCUT2D eigenvalue weighted by Gasteiger charge is 2.19. The number of hydrogen-bond acceptors (Lipinski definition) is 5. The molecule has 1 saturated heterocycles. The lowest BCUT2D eigenvalue weighted by Gasteiger charge is -2.32. The van der Waals surface area contributed by atoms with Crippen LogP contribution >= 0.6 is 0 Å². The fourth-order valence-corrected chi connectivity index (χ4v) is 3.72. The molecule has 1 aliphatic heterocycles. The van der Waals surface area contributed by atoms with Gasteiger partial charge in [0.15, 0.2) is 0 Å². The second-order valence-electron chi connectivity index (χ2n) is 6.76. The van der Waals surface area contributed by atoms with E-state index in [9.17, 15) is 8.42 Å². The van der Waals surface area contributed by atoms with Crippen LogP contribution in [0.25, 0.3) is 11.3 Å². The minimum Gasteiger partial charge on any atom is -0.460 e. The van der Waals surface area contributed by atoms with Crippen molar-refractivity contribution in [3.8, 4) is 11.3 Å². The first kappa shape index (κ1) is 18.2. The largest absolute Gasteiger partial charge is 0.460 e. The minimum absolute atomic E-state index is 0.250. The Hall–Kier alpha value is -1.63. The van der Waals surface area contributed by atoms with Gasteiger partial charge in [-0.3, -0.25) is 0 Å². The molecule has 1 aliphatic rings. The van der Waals surface area contributed by atoms with Crippen molar-refractivity contribution in [2.75, 3.05) is 31.6 Å². The Kier molecular flexibility index (Phi) is 5.93. The Morgan fingerprint density at radius 3 is 2.52 bits per heavy atom. The highest BCUT2D eigenvalue weighted by molar-refractivity contribution is 7.90. The van der Waals surface area contributed by atoms with E-state index in [1.165, 1.54) is 6.26 Å². The lowest BCUT2D eigenvalue weighted by Crippen LogP contribution is -2.43. The van der Waals surface area contributed by atoms with Crippen molar-refractivity contribution in [3.05, 3.63) is 48.2 Å². The Balaban J connectivity index is 1.42. The molecule has 0 amide bonds. The predicted molar refractivity (Wildman–Crippen MR) is 100 cm³/mol. The molecular formula is C19H26N2O3S. The maximum atomic E-state index is 11.3. The van der Waals surface area contributed by atoms with E-state index in [0.717, 1.165) is 49.6 Å². The van der Waals surface area contributed by atoms with Gasteiger partial charge in [0, 0.05) is 24.4 Å². The summed E-state index contributed by atoms with van der Waals surface area (Å²) < 4.78 is 28.4. The molecule has 1 aromatic carbocycles. The molecule has 2 aromatic rings. The van der Waals surface area contributed by atoms with Gasteiger partial charge in [-0.2, -0.15) is 0 Å². The van der Waals surface area contributed by atoms with Crippen LogP contribution in [0.2, 0.25) is 0 Å². The molecule has 2 heterocycles. The molecule has 1 N–H and O–H groups in total. The highest BCUT2D eigenvalue weighted by Crippen LogP contribution is 2.22. The van der Waals surface area contributed by atoms with Gasteiger partial charge in [0.1, 0.15) is 21.4 Å². The average Bonchev–Trinajstić information content (AvgIpc) is 3.08. The molecule has 0 radical (unpaired) electrons. The first-order chi connectivity index (χ1) is 12.0. The van der Waals surface area contributed by atoms with Gasteiger partial charge in [-0.1, -0.05) is 30.3 Å². The van der Waals surface area contributed by atoms with E-state index < -0.39 is 9.84 Å². The smallest absolute Gasteiger partial charge is 0.148 e. The normalized spacial score (nSPS) is 17.0. The fourth-order valence-electron chi connectivity index (χ4n) is 3.13. The Bertz CT molecular complexity index is 763. The summed E-state index contributed by atoms with van der Waals surface area (Å²) in [5, 5.41) is 3.56. The number of benzene rings is 1. The number of rotatable bonds is 7. The third-order valence-electron chi connectivity index (χ3n) is 4.65. The Labute approximate surface area is 149 Å². The monoisotopic (exact) mass is 362 g/mol. The second-order valence-corrected chi connectivity index (χ2v) is 9.02. The van der Waals surface area contributed by atoms with Crippen LogP contribution in [0.3, 0.4) is 0 Å². The van der Waals surface area contributed by atoms with Gasteiger partial charge in [0.05, 0.1) is 12.3 Å². The van der Waals surface area contributed by atoms with Gasteiger partial charge in [0.25, 0.3) is 0 Å². The Morgan fingerprint density at radius 1 is 1.12 bits per heavy atom. The van der Waals surface area contributed by atoms with Crippen molar-refractivity contribution in [1.82, 2.24) is 10.2 Å². The topological polar surface area (TPSA) is 62.6 Å². The van der Waals surface area contributed by atoms with Crippen LogP contribution in [0.5, 0.6) is 0 Å². The maximum absolute atomic E-state index is 11.3. The number of piperidine rings is 1. The molecule has 5 nitrogen and oxygen atoms in total. The van der Waals surface area contributed by atoms with Crippen molar-refractivity contribution in [1.29, 1.82) is 0 Å². The van der Waals surface area contributed by atoms with Crippen LogP contribution in [0, 0.1) is 0 Å². The molecule has 0 saturated carbocycles. The summed E-state index contributed by atoms with van der Waals surface area (Å²) in [6.07, 6.45) is 3.38. The van der Waals surface area contributed by atoms with Crippen molar-refractivity contribution < 1.29 is 12.8 Å². The SMILES string of the molecule is CS(=O)(=O)CCN1CCC(NCc2ccc(-c3ccccc3)o2)CC1. The van der Waals surface area contributed by atoms with Crippen molar-refractivity contribution >= 4 is 9.84 Å². The third-order valence-corrected chi connectivity index (χ3v) is 5.57. The second kappa shape index (κ2) is 8.17. The fraction of sp³-hybridized carbons (Fsp3) is 0.474. The first-order valence-electron chi connectivity index (χ1n) is 8.77. The van der Waals surface area contributed by atoms with Gasteiger partial charge < -0.3 is 14.6 Å². The molecule has 1 fully saturated rings. The number of furan rings is 1. The van der Waals surface area contributed by atoms with Crippen LogP contribution in [-0.4, -0.2) is 51.0 Å². The third kappa shape index (κ3) is 5.70. The van der Waals surface area contributed by atoms with Gasteiger partial charge in [-0.15, -0.1) is 0 Å². The van der Waals surface area contributed by atoms with Crippen LogP contribution in [-0.2, 0) is 16.4 Å². The van der Waals surface area contributed by atoms with E-state index >= 15 is 0 Å². The van der Waals surface area contributed by atoms with E-state index in [2.05, 4.69) is 10.2 Å². The van der Waals surface area contributed by atoms with E-state index in [4.69, 9.17) is 4.42 Å². The van der Waals surface area contributed by atoms with Crippen LogP contribution < -0.4 is 5.32 Å². The van der Waals surface area contributed by atoms with E-state index in [-0.39, 0.29) is 5.75 Å². The molecule has 0 atom stereocenters. The highest BCUT2D eigenvalue weighted by atomic mass is 32.2. The number of sulfone groups is 1.